The van der Waals surface area contributed by atoms with E-state index in [-0.39, 0.29) is 0 Å². The fraction of sp³-hybridized carbons (Fsp3) is 0.231. The van der Waals surface area contributed by atoms with Gasteiger partial charge in [-0.25, -0.2) is 4.98 Å². The molecule has 0 bridgehead atoms. The van der Waals surface area contributed by atoms with E-state index in [9.17, 15) is 0 Å². The second-order valence-corrected chi connectivity index (χ2v) is 5.52. The third kappa shape index (κ3) is 3.02. The van der Waals surface area contributed by atoms with E-state index < -0.39 is 0 Å². The smallest absolute Gasteiger partial charge is 0.188 e. The van der Waals surface area contributed by atoms with E-state index >= 15 is 0 Å². The lowest BCUT2D eigenvalue weighted by Gasteiger charge is -2.09. The summed E-state index contributed by atoms with van der Waals surface area (Å²) in [6, 6.07) is 5.31. The van der Waals surface area contributed by atoms with E-state index in [0.29, 0.717) is 21.6 Å². The van der Waals surface area contributed by atoms with Crippen LogP contribution in [0.25, 0.3) is 0 Å². The van der Waals surface area contributed by atoms with Crippen molar-refractivity contribution in [1.82, 2.24) is 4.98 Å². The number of rotatable bonds is 4. The molecule has 0 saturated carbocycles. The Hall–Kier alpha value is -1.79. The van der Waals surface area contributed by atoms with Crippen molar-refractivity contribution in [3.05, 3.63) is 33.8 Å². The Morgan fingerprint density at radius 2 is 2.25 bits per heavy atom. The molecule has 0 aliphatic carbocycles. The highest BCUT2D eigenvalue weighted by Gasteiger charge is 2.12. The summed E-state index contributed by atoms with van der Waals surface area (Å²) in [7, 11) is 1.59. The topological polar surface area (TPSA) is 66.7 Å². The van der Waals surface area contributed by atoms with Gasteiger partial charge >= 0.3 is 0 Å². The number of hydrogen-bond acceptors (Lipinski definition) is 6. The van der Waals surface area contributed by atoms with E-state index in [1.807, 2.05) is 6.92 Å². The zero-order valence-corrected chi connectivity index (χ0v) is 12.8. The van der Waals surface area contributed by atoms with E-state index in [0.717, 1.165) is 16.3 Å². The third-order valence-corrected chi connectivity index (χ3v) is 4.10. The number of nitrogens with one attached hydrogen (secondary N) is 1. The largest absolute Gasteiger partial charge is 0.495 e. The minimum atomic E-state index is 0.533. The van der Waals surface area contributed by atoms with Crippen molar-refractivity contribution >= 4 is 39.5 Å². The van der Waals surface area contributed by atoms with Gasteiger partial charge in [0, 0.05) is 5.02 Å². The highest BCUT2D eigenvalue weighted by molar-refractivity contribution is 7.17. The molecule has 7 heteroatoms. The molecule has 0 aliphatic rings. The molecule has 2 aromatic rings. The van der Waals surface area contributed by atoms with Gasteiger partial charge in [-0.15, -0.1) is 0 Å². The first-order valence-corrected chi connectivity index (χ1v) is 7.01. The van der Waals surface area contributed by atoms with Gasteiger partial charge in [-0.1, -0.05) is 28.1 Å². The molecule has 0 atom stereocenters. The number of halogens is 1. The summed E-state index contributed by atoms with van der Waals surface area (Å²) in [6.07, 6.45) is 0. The van der Waals surface area contributed by atoms with Crippen molar-refractivity contribution in [1.29, 1.82) is 0 Å². The van der Waals surface area contributed by atoms with Crippen LogP contribution in [0, 0.1) is 6.92 Å². The van der Waals surface area contributed by atoms with Gasteiger partial charge in [0.2, 0.25) is 0 Å². The Balaban J connectivity index is 2.33. The number of nitrogens with zero attached hydrogens (tertiary/aromatic N) is 2. The van der Waals surface area contributed by atoms with Crippen LogP contribution in [0.4, 0.5) is 10.8 Å². The number of anilines is 2. The Bertz CT molecular complexity index is 655. The van der Waals surface area contributed by atoms with Gasteiger partial charge in [0.1, 0.15) is 5.75 Å². The fourth-order valence-electron chi connectivity index (χ4n) is 1.72. The summed E-state index contributed by atoms with van der Waals surface area (Å²) in [5.74, 6) is 0.677. The Kier molecular flexibility index (Phi) is 4.46. The molecule has 2 N–H and O–H groups in total. The number of benzene rings is 1. The molecule has 5 nitrogen and oxygen atoms in total. The molecule has 2 rings (SSSR count). The normalized spacial score (nSPS) is 11.5. The standard InChI is InChI=1S/C13H14ClN3O2S/c1-7-12(8(2)17-18)20-13(15-7)16-10-6-9(14)4-5-11(10)19-3/h4-6,18H,1-3H3,(H,15,16)/b17-8+. The second kappa shape index (κ2) is 6.11. The van der Waals surface area contributed by atoms with Crippen LogP contribution in [0.5, 0.6) is 5.75 Å². The Morgan fingerprint density at radius 1 is 1.50 bits per heavy atom. The zero-order chi connectivity index (χ0) is 14.7. The van der Waals surface area contributed by atoms with E-state index in [2.05, 4.69) is 15.5 Å². The van der Waals surface area contributed by atoms with Crippen LogP contribution in [-0.2, 0) is 0 Å². The molecule has 0 unspecified atom stereocenters. The minimum absolute atomic E-state index is 0.533. The second-order valence-electron chi connectivity index (χ2n) is 4.09. The van der Waals surface area contributed by atoms with Crippen LogP contribution in [0.2, 0.25) is 5.02 Å². The van der Waals surface area contributed by atoms with Gasteiger partial charge in [0.25, 0.3) is 0 Å². The molecule has 106 valence electrons. The van der Waals surface area contributed by atoms with Gasteiger partial charge in [-0.05, 0) is 32.0 Å². The summed E-state index contributed by atoms with van der Waals surface area (Å²) >= 11 is 7.39. The van der Waals surface area contributed by atoms with Gasteiger partial charge in [-0.2, -0.15) is 0 Å². The fourth-order valence-corrected chi connectivity index (χ4v) is 2.81. The van der Waals surface area contributed by atoms with Crippen LogP contribution < -0.4 is 10.1 Å². The molecule has 0 amide bonds. The number of methoxy groups -OCH3 is 1. The molecule has 1 aromatic carbocycles. The van der Waals surface area contributed by atoms with Crippen molar-refractivity contribution < 1.29 is 9.94 Å². The molecule has 0 aliphatic heterocycles. The van der Waals surface area contributed by atoms with Crippen LogP contribution in [0.1, 0.15) is 17.5 Å². The van der Waals surface area contributed by atoms with Crippen LogP contribution >= 0.6 is 22.9 Å². The molecule has 0 spiro atoms. The molecule has 0 radical (unpaired) electrons. The van der Waals surface area contributed by atoms with Crippen molar-refractivity contribution in [2.45, 2.75) is 13.8 Å². The maximum absolute atomic E-state index is 8.84. The maximum atomic E-state index is 8.84. The average Bonchev–Trinajstić information content (AvgIpc) is 2.79. The number of thiazole rings is 1. The first-order valence-electron chi connectivity index (χ1n) is 5.82. The average molecular weight is 312 g/mol. The molecule has 0 fully saturated rings. The predicted molar refractivity (Wildman–Crippen MR) is 82.1 cm³/mol. The van der Waals surface area contributed by atoms with Crippen LogP contribution in [0.3, 0.4) is 0 Å². The summed E-state index contributed by atoms with van der Waals surface area (Å²) in [4.78, 5) is 5.23. The van der Waals surface area contributed by atoms with Gasteiger partial charge < -0.3 is 15.3 Å². The molecule has 1 aromatic heterocycles. The van der Waals surface area contributed by atoms with Gasteiger partial charge in [0.05, 0.1) is 29.1 Å². The van der Waals surface area contributed by atoms with E-state index in [1.54, 1.807) is 32.2 Å². The highest BCUT2D eigenvalue weighted by atomic mass is 35.5. The summed E-state index contributed by atoms with van der Waals surface area (Å²) in [5, 5.41) is 16.5. The maximum Gasteiger partial charge on any atom is 0.188 e. The third-order valence-electron chi connectivity index (χ3n) is 2.68. The van der Waals surface area contributed by atoms with E-state index in [1.165, 1.54) is 11.3 Å². The minimum Gasteiger partial charge on any atom is -0.495 e. The van der Waals surface area contributed by atoms with Crippen LogP contribution in [-0.4, -0.2) is 23.0 Å². The predicted octanol–water partition coefficient (Wildman–Crippen LogP) is 4.06. The summed E-state index contributed by atoms with van der Waals surface area (Å²) in [6.45, 7) is 3.59. The number of ether oxygens (including phenoxy) is 1. The monoisotopic (exact) mass is 311 g/mol. The summed E-state index contributed by atoms with van der Waals surface area (Å²) in [5.41, 5.74) is 2.07. The Morgan fingerprint density at radius 3 is 2.90 bits per heavy atom. The van der Waals surface area contributed by atoms with Gasteiger partial charge in [-0.3, -0.25) is 0 Å². The van der Waals surface area contributed by atoms with Crippen LogP contribution in [0.15, 0.2) is 23.4 Å². The zero-order valence-electron chi connectivity index (χ0n) is 11.3. The summed E-state index contributed by atoms with van der Waals surface area (Å²) < 4.78 is 5.27. The lowest BCUT2D eigenvalue weighted by atomic mass is 10.3. The van der Waals surface area contributed by atoms with Crippen molar-refractivity contribution in [3.8, 4) is 5.75 Å². The van der Waals surface area contributed by atoms with E-state index in [4.69, 9.17) is 21.5 Å². The van der Waals surface area contributed by atoms with Gasteiger partial charge in [0.15, 0.2) is 5.13 Å². The lowest BCUT2D eigenvalue weighted by molar-refractivity contribution is 0.319. The van der Waals surface area contributed by atoms with Crippen molar-refractivity contribution in [2.75, 3.05) is 12.4 Å². The Labute approximate surface area is 125 Å². The molecule has 20 heavy (non-hydrogen) atoms. The molecule has 1 heterocycles. The number of hydrogen-bond donors (Lipinski definition) is 2. The van der Waals surface area contributed by atoms with Crippen molar-refractivity contribution in [3.63, 3.8) is 0 Å². The first-order chi connectivity index (χ1) is 9.55. The number of aryl methyl sites for hydroxylation is 1. The molecular weight excluding hydrogens is 298 g/mol. The lowest BCUT2D eigenvalue weighted by Crippen LogP contribution is -1.94. The number of oxime groups is 1. The molecular formula is C13H14ClN3O2S. The van der Waals surface area contributed by atoms with Crippen molar-refractivity contribution in [2.24, 2.45) is 5.16 Å². The molecule has 0 saturated heterocycles. The SMILES string of the molecule is COc1ccc(Cl)cc1Nc1nc(C)c(/C(C)=N/O)s1. The number of aromatic nitrogens is 1. The quantitative estimate of drug-likeness (QED) is 0.508. The highest BCUT2D eigenvalue weighted by Crippen LogP contribution is 2.33. The first kappa shape index (κ1) is 14.6.